The van der Waals surface area contributed by atoms with Gasteiger partial charge in [0.1, 0.15) is 0 Å². The second-order valence-corrected chi connectivity index (χ2v) is 6.64. The number of amides is 1. The zero-order chi connectivity index (χ0) is 16.3. The van der Waals surface area contributed by atoms with Crippen LogP contribution in [0.5, 0.6) is 0 Å². The van der Waals surface area contributed by atoms with Crippen LogP contribution in [0, 0.1) is 0 Å². The molecule has 3 heteroatoms. The molecule has 0 heterocycles. The summed E-state index contributed by atoms with van der Waals surface area (Å²) in [6.07, 6.45) is 5.39. The minimum atomic E-state index is 0.0424. The van der Waals surface area contributed by atoms with E-state index in [0.717, 1.165) is 29.0 Å². The molecule has 1 aromatic rings. The Morgan fingerprint density at radius 2 is 1.77 bits per heavy atom. The third-order valence-electron chi connectivity index (χ3n) is 3.99. The van der Waals surface area contributed by atoms with Gasteiger partial charge in [-0.05, 0) is 57.2 Å². The third-order valence-corrected chi connectivity index (χ3v) is 4.44. The SMILES string of the molecule is CC(C)N(C(=O)/C=C/C1=C(Cl)c2ccccc2CC1)C(C)C. The van der Waals surface area contributed by atoms with Crippen molar-refractivity contribution in [3.05, 3.63) is 53.1 Å². The fourth-order valence-corrected chi connectivity index (χ4v) is 3.37. The number of hydrogen-bond acceptors (Lipinski definition) is 1. The van der Waals surface area contributed by atoms with E-state index in [4.69, 9.17) is 11.6 Å². The van der Waals surface area contributed by atoms with Crippen molar-refractivity contribution in [2.45, 2.75) is 52.6 Å². The first kappa shape index (κ1) is 16.8. The van der Waals surface area contributed by atoms with Crippen LogP contribution < -0.4 is 0 Å². The second-order valence-electron chi connectivity index (χ2n) is 6.26. The summed E-state index contributed by atoms with van der Waals surface area (Å²) in [5.74, 6) is 0.0424. The number of carbonyl (C=O) groups excluding carboxylic acids is 1. The number of allylic oxidation sites excluding steroid dienone is 2. The first-order chi connectivity index (χ1) is 10.4. The fraction of sp³-hybridized carbons (Fsp3) is 0.421. The van der Waals surface area contributed by atoms with Crippen molar-refractivity contribution in [2.75, 3.05) is 0 Å². The molecular formula is C19H24ClNO. The number of fused-ring (bicyclic) bond motifs is 1. The smallest absolute Gasteiger partial charge is 0.247 e. The first-order valence-corrected chi connectivity index (χ1v) is 8.27. The Kier molecular flexibility index (Phi) is 5.47. The number of rotatable bonds is 4. The standard InChI is InChI=1S/C19H24ClNO/c1-13(2)21(14(3)4)18(22)12-11-16-10-9-15-7-5-6-8-17(15)19(16)20/h5-8,11-14H,9-10H2,1-4H3/b12-11+. The Morgan fingerprint density at radius 1 is 1.14 bits per heavy atom. The molecule has 0 saturated heterocycles. The molecule has 0 aliphatic heterocycles. The lowest BCUT2D eigenvalue weighted by atomic mass is 9.92. The summed E-state index contributed by atoms with van der Waals surface area (Å²) in [7, 11) is 0. The highest BCUT2D eigenvalue weighted by Gasteiger charge is 2.19. The Hall–Kier alpha value is -1.54. The van der Waals surface area contributed by atoms with E-state index in [9.17, 15) is 4.79 Å². The molecule has 0 unspecified atom stereocenters. The lowest BCUT2D eigenvalue weighted by Gasteiger charge is -2.29. The molecular weight excluding hydrogens is 294 g/mol. The Morgan fingerprint density at radius 3 is 2.41 bits per heavy atom. The van der Waals surface area contributed by atoms with Crippen molar-refractivity contribution in [3.63, 3.8) is 0 Å². The molecule has 2 nitrogen and oxygen atoms in total. The molecule has 0 N–H and O–H groups in total. The highest BCUT2D eigenvalue weighted by molar-refractivity contribution is 6.49. The molecule has 22 heavy (non-hydrogen) atoms. The van der Waals surface area contributed by atoms with E-state index in [2.05, 4.69) is 6.07 Å². The van der Waals surface area contributed by atoms with Gasteiger partial charge in [0.25, 0.3) is 0 Å². The molecule has 1 aromatic carbocycles. The summed E-state index contributed by atoms with van der Waals surface area (Å²) in [4.78, 5) is 14.3. The number of nitrogens with zero attached hydrogens (tertiary/aromatic N) is 1. The van der Waals surface area contributed by atoms with E-state index in [0.29, 0.717) is 0 Å². The molecule has 0 bridgehead atoms. The van der Waals surface area contributed by atoms with E-state index >= 15 is 0 Å². The van der Waals surface area contributed by atoms with Crippen molar-refractivity contribution >= 4 is 22.5 Å². The number of halogens is 1. The molecule has 0 fully saturated rings. The summed E-state index contributed by atoms with van der Waals surface area (Å²) in [5.41, 5.74) is 3.41. The van der Waals surface area contributed by atoms with Gasteiger partial charge in [-0.25, -0.2) is 0 Å². The minimum absolute atomic E-state index is 0.0424. The average Bonchev–Trinajstić information content (AvgIpc) is 2.46. The number of benzene rings is 1. The highest BCUT2D eigenvalue weighted by atomic mass is 35.5. The van der Waals surface area contributed by atoms with Crippen LogP contribution in [-0.2, 0) is 11.2 Å². The van der Waals surface area contributed by atoms with E-state index < -0.39 is 0 Å². The monoisotopic (exact) mass is 317 g/mol. The summed E-state index contributed by atoms with van der Waals surface area (Å²) >= 11 is 6.50. The van der Waals surface area contributed by atoms with E-state index in [1.54, 1.807) is 6.08 Å². The van der Waals surface area contributed by atoms with Crippen molar-refractivity contribution < 1.29 is 4.79 Å². The van der Waals surface area contributed by atoms with Crippen LogP contribution in [0.3, 0.4) is 0 Å². The molecule has 0 radical (unpaired) electrons. The van der Waals surface area contributed by atoms with Gasteiger partial charge in [-0.15, -0.1) is 0 Å². The maximum Gasteiger partial charge on any atom is 0.247 e. The van der Waals surface area contributed by atoms with E-state index in [-0.39, 0.29) is 18.0 Å². The highest BCUT2D eigenvalue weighted by Crippen LogP contribution is 2.34. The molecule has 0 saturated carbocycles. The molecule has 2 rings (SSSR count). The largest absolute Gasteiger partial charge is 0.334 e. The molecule has 118 valence electrons. The van der Waals surface area contributed by atoms with Gasteiger partial charge in [-0.2, -0.15) is 0 Å². The van der Waals surface area contributed by atoms with E-state index in [1.807, 2.05) is 56.9 Å². The Labute approximate surface area is 138 Å². The number of hydrogen-bond donors (Lipinski definition) is 0. The molecule has 0 atom stereocenters. The van der Waals surface area contributed by atoms with E-state index in [1.165, 1.54) is 5.56 Å². The van der Waals surface area contributed by atoms with Crippen LogP contribution in [0.4, 0.5) is 0 Å². The van der Waals surface area contributed by atoms with Gasteiger partial charge in [-0.1, -0.05) is 41.9 Å². The van der Waals surface area contributed by atoms with Crippen LogP contribution in [0.15, 0.2) is 42.0 Å². The Bertz CT molecular complexity index is 606. The summed E-state index contributed by atoms with van der Waals surface area (Å²) in [5, 5.41) is 0.770. The van der Waals surface area contributed by atoms with Gasteiger partial charge in [0, 0.05) is 18.2 Å². The predicted octanol–water partition coefficient (Wildman–Crippen LogP) is 4.78. The molecule has 1 aliphatic carbocycles. The zero-order valence-electron chi connectivity index (χ0n) is 13.8. The maximum atomic E-state index is 12.4. The lowest BCUT2D eigenvalue weighted by molar-refractivity contribution is -0.129. The van der Waals surface area contributed by atoms with Gasteiger partial charge in [-0.3, -0.25) is 4.79 Å². The van der Waals surface area contributed by atoms with Crippen LogP contribution in [-0.4, -0.2) is 22.9 Å². The third kappa shape index (κ3) is 3.61. The van der Waals surface area contributed by atoms with Crippen LogP contribution in [0.2, 0.25) is 0 Å². The van der Waals surface area contributed by atoms with Crippen molar-refractivity contribution in [3.8, 4) is 0 Å². The van der Waals surface area contributed by atoms with Crippen molar-refractivity contribution in [1.82, 2.24) is 4.90 Å². The molecule has 0 aromatic heterocycles. The zero-order valence-corrected chi connectivity index (χ0v) is 14.5. The maximum absolute atomic E-state index is 12.4. The molecule has 1 aliphatic rings. The topological polar surface area (TPSA) is 20.3 Å². The summed E-state index contributed by atoms with van der Waals surface area (Å²) in [6, 6.07) is 8.57. The summed E-state index contributed by atoms with van der Waals surface area (Å²) in [6.45, 7) is 8.15. The van der Waals surface area contributed by atoms with Gasteiger partial charge < -0.3 is 4.90 Å². The first-order valence-electron chi connectivity index (χ1n) is 7.89. The van der Waals surface area contributed by atoms with Crippen molar-refractivity contribution in [2.24, 2.45) is 0 Å². The van der Waals surface area contributed by atoms with Gasteiger partial charge in [0.15, 0.2) is 0 Å². The fourth-order valence-electron chi connectivity index (χ4n) is 3.02. The lowest BCUT2D eigenvalue weighted by Crippen LogP contribution is -2.41. The summed E-state index contributed by atoms with van der Waals surface area (Å²) < 4.78 is 0. The second kappa shape index (κ2) is 7.15. The quantitative estimate of drug-likeness (QED) is 0.731. The normalized spacial score (nSPS) is 14.9. The molecule has 0 spiro atoms. The predicted molar refractivity (Wildman–Crippen MR) is 93.8 cm³/mol. The van der Waals surface area contributed by atoms with Gasteiger partial charge in [0.05, 0.1) is 5.03 Å². The minimum Gasteiger partial charge on any atom is -0.334 e. The molecule has 1 amide bonds. The Balaban J connectivity index is 2.22. The van der Waals surface area contributed by atoms with Crippen molar-refractivity contribution in [1.29, 1.82) is 0 Å². The van der Waals surface area contributed by atoms with Crippen LogP contribution in [0.25, 0.3) is 5.03 Å². The average molecular weight is 318 g/mol. The van der Waals surface area contributed by atoms with Gasteiger partial charge in [0.2, 0.25) is 5.91 Å². The van der Waals surface area contributed by atoms with Crippen LogP contribution >= 0.6 is 11.6 Å². The van der Waals surface area contributed by atoms with Crippen LogP contribution in [0.1, 0.15) is 45.2 Å². The number of aryl methyl sites for hydroxylation is 1. The number of carbonyl (C=O) groups is 1. The van der Waals surface area contributed by atoms with Gasteiger partial charge >= 0.3 is 0 Å².